The molecule has 0 aromatic heterocycles. The van der Waals surface area contributed by atoms with Crippen LogP contribution in [0.1, 0.15) is 64.2 Å². The molecular formula is C12H22N2O2. The summed E-state index contributed by atoms with van der Waals surface area (Å²) in [5.74, 6) is 0. The summed E-state index contributed by atoms with van der Waals surface area (Å²) in [6.07, 6.45) is 12.7. The average molecular weight is 226 g/mol. The quantitative estimate of drug-likeness (QED) is 0.537. The first kappa shape index (κ1) is 11.7. The van der Waals surface area contributed by atoms with Crippen LogP contribution in [-0.2, 0) is 9.68 Å². The molecule has 0 radical (unpaired) electrons. The zero-order valence-electron chi connectivity index (χ0n) is 9.94. The van der Waals surface area contributed by atoms with Crippen molar-refractivity contribution in [3.8, 4) is 0 Å². The van der Waals surface area contributed by atoms with Gasteiger partial charge in [-0.25, -0.2) is 0 Å². The summed E-state index contributed by atoms with van der Waals surface area (Å²) in [5, 5.41) is 7.38. The maximum absolute atomic E-state index is 5.31. The van der Waals surface area contributed by atoms with Crippen LogP contribution >= 0.6 is 0 Å². The first-order valence-corrected chi connectivity index (χ1v) is 6.67. The van der Waals surface area contributed by atoms with Gasteiger partial charge in [0.05, 0.1) is 10.6 Å². The van der Waals surface area contributed by atoms with Crippen molar-refractivity contribution in [2.75, 3.05) is 0 Å². The van der Waals surface area contributed by atoms with Crippen LogP contribution in [-0.4, -0.2) is 12.2 Å². The summed E-state index contributed by atoms with van der Waals surface area (Å²) in [7, 11) is 0. The van der Waals surface area contributed by atoms with Gasteiger partial charge in [-0.3, -0.25) is 0 Å². The van der Waals surface area contributed by atoms with Crippen LogP contribution < -0.4 is 0 Å². The van der Waals surface area contributed by atoms with E-state index < -0.39 is 0 Å². The molecule has 2 saturated carbocycles. The second-order valence-electron chi connectivity index (χ2n) is 4.89. The summed E-state index contributed by atoms with van der Waals surface area (Å²) in [5.41, 5.74) is 0. The summed E-state index contributed by atoms with van der Waals surface area (Å²) < 4.78 is 0. The first-order chi connectivity index (χ1) is 7.95. The molecule has 2 rings (SSSR count). The molecule has 0 aromatic rings. The Morgan fingerprint density at radius 2 is 0.938 bits per heavy atom. The van der Waals surface area contributed by atoms with E-state index in [1.165, 1.54) is 38.5 Å². The smallest absolute Gasteiger partial charge is 0.129 e. The van der Waals surface area contributed by atoms with Crippen LogP contribution in [0, 0.1) is 0 Å². The Labute approximate surface area is 97.3 Å². The fourth-order valence-electron chi connectivity index (χ4n) is 2.51. The third-order valence-electron chi connectivity index (χ3n) is 3.53. The van der Waals surface area contributed by atoms with Gasteiger partial charge in [0.1, 0.15) is 12.2 Å². The van der Waals surface area contributed by atoms with Crippen LogP contribution in [0.25, 0.3) is 0 Å². The predicted molar refractivity (Wildman–Crippen MR) is 60.8 cm³/mol. The third kappa shape index (κ3) is 3.99. The predicted octanol–water partition coefficient (Wildman–Crippen LogP) is 3.97. The van der Waals surface area contributed by atoms with Gasteiger partial charge in [0.15, 0.2) is 0 Å². The van der Waals surface area contributed by atoms with Gasteiger partial charge in [-0.2, -0.15) is 0 Å². The van der Waals surface area contributed by atoms with E-state index >= 15 is 0 Å². The summed E-state index contributed by atoms with van der Waals surface area (Å²) >= 11 is 0. The Hall–Kier alpha value is -0.800. The van der Waals surface area contributed by atoms with Crippen molar-refractivity contribution in [1.29, 1.82) is 0 Å². The molecule has 2 fully saturated rings. The molecule has 0 aliphatic heterocycles. The lowest BCUT2D eigenvalue weighted by molar-refractivity contribution is -0.0454. The second-order valence-corrected chi connectivity index (χ2v) is 4.89. The van der Waals surface area contributed by atoms with Crippen LogP contribution in [0.5, 0.6) is 0 Å². The van der Waals surface area contributed by atoms with E-state index in [9.17, 15) is 0 Å². The van der Waals surface area contributed by atoms with Crippen molar-refractivity contribution in [1.82, 2.24) is 0 Å². The van der Waals surface area contributed by atoms with Crippen LogP contribution in [0.2, 0.25) is 0 Å². The summed E-state index contributed by atoms with van der Waals surface area (Å²) in [6, 6.07) is 0. The van der Waals surface area contributed by atoms with Gasteiger partial charge in [-0.15, -0.1) is 0 Å². The van der Waals surface area contributed by atoms with Gasteiger partial charge in [0.25, 0.3) is 0 Å². The summed E-state index contributed by atoms with van der Waals surface area (Å²) in [6.45, 7) is 0. The standard InChI is InChI=1S/C12H22N2O2/c1-3-7-11(8-4-1)15-13-14-16-12-9-5-2-6-10-12/h11-12H,1-10H2/b14-13+. The van der Waals surface area contributed by atoms with E-state index in [2.05, 4.69) is 10.6 Å². The highest BCUT2D eigenvalue weighted by Crippen LogP contribution is 2.22. The van der Waals surface area contributed by atoms with Gasteiger partial charge in [0.2, 0.25) is 0 Å². The number of nitrogens with zero attached hydrogens (tertiary/aromatic N) is 2. The minimum atomic E-state index is 0.271. The highest BCUT2D eigenvalue weighted by molar-refractivity contribution is 4.64. The molecular weight excluding hydrogens is 204 g/mol. The average Bonchev–Trinajstić information content (AvgIpc) is 2.37. The molecule has 0 aromatic carbocycles. The maximum Gasteiger partial charge on any atom is 0.129 e. The fraction of sp³-hybridized carbons (Fsp3) is 1.00. The molecule has 92 valence electrons. The normalized spacial score (nSPS) is 24.8. The van der Waals surface area contributed by atoms with Gasteiger partial charge in [-0.1, -0.05) is 12.8 Å². The number of hydrogen-bond acceptors (Lipinski definition) is 4. The van der Waals surface area contributed by atoms with Crippen molar-refractivity contribution in [3.63, 3.8) is 0 Å². The van der Waals surface area contributed by atoms with E-state index in [-0.39, 0.29) is 12.2 Å². The molecule has 16 heavy (non-hydrogen) atoms. The van der Waals surface area contributed by atoms with E-state index in [1.807, 2.05) is 0 Å². The molecule has 0 unspecified atom stereocenters. The molecule has 4 nitrogen and oxygen atoms in total. The van der Waals surface area contributed by atoms with Crippen LogP contribution in [0.3, 0.4) is 0 Å². The Bertz CT molecular complexity index is 187. The molecule has 0 spiro atoms. The van der Waals surface area contributed by atoms with Crippen LogP contribution in [0.15, 0.2) is 10.6 Å². The maximum atomic E-state index is 5.31. The Kier molecular flexibility index (Phi) is 4.90. The third-order valence-corrected chi connectivity index (χ3v) is 3.53. The highest BCUT2D eigenvalue weighted by atomic mass is 16.7. The first-order valence-electron chi connectivity index (χ1n) is 6.67. The lowest BCUT2D eigenvalue weighted by Crippen LogP contribution is -2.15. The van der Waals surface area contributed by atoms with E-state index in [4.69, 9.17) is 9.68 Å². The number of rotatable bonds is 4. The molecule has 0 atom stereocenters. The minimum Gasteiger partial charge on any atom is -0.374 e. The molecule has 0 N–H and O–H groups in total. The van der Waals surface area contributed by atoms with Gasteiger partial charge >= 0.3 is 0 Å². The van der Waals surface area contributed by atoms with Gasteiger partial charge in [-0.05, 0) is 51.4 Å². The molecule has 0 amide bonds. The number of hydrogen-bond donors (Lipinski definition) is 0. The Balaban J connectivity index is 1.57. The lowest BCUT2D eigenvalue weighted by Gasteiger charge is -2.19. The SMILES string of the molecule is C1CCC(O/N=N/OC2CCCCC2)CC1. The van der Waals surface area contributed by atoms with Crippen molar-refractivity contribution < 1.29 is 9.68 Å². The van der Waals surface area contributed by atoms with Crippen molar-refractivity contribution >= 4 is 0 Å². The fourth-order valence-corrected chi connectivity index (χ4v) is 2.51. The van der Waals surface area contributed by atoms with E-state index in [0.717, 1.165) is 25.7 Å². The van der Waals surface area contributed by atoms with E-state index in [0.29, 0.717) is 0 Å². The Morgan fingerprint density at radius 3 is 1.31 bits per heavy atom. The largest absolute Gasteiger partial charge is 0.374 e. The minimum absolute atomic E-state index is 0.271. The highest BCUT2D eigenvalue weighted by Gasteiger charge is 2.15. The topological polar surface area (TPSA) is 43.2 Å². The summed E-state index contributed by atoms with van der Waals surface area (Å²) in [4.78, 5) is 10.6. The van der Waals surface area contributed by atoms with Gasteiger partial charge < -0.3 is 9.68 Å². The van der Waals surface area contributed by atoms with Crippen molar-refractivity contribution in [2.45, 2.75) is 76.4 Å². The van der Waals surface area contributed by atoms with E-state index in [1.54, 1.807) is 0 Å². The molecule has 0 heterocycles. The van der Waals surface area contributed by atoms with Crippen molar-refractivity contribution in [2.24, 2.45) is 10.6 Å². The molecule has 4 heteroatoms. The second kappa shape index (κ2) is 6.71. The monoisotopic (exact) mass is 226 g/mol. The van der Waals surface area contributed by atoms with Crippen molar-refractivity contribution in [3.05, 3.63) is 0 Å². The zero-order valence-corrected chi connectivity index (χ0v) is 9.94. The molecule has 2 aliphatic carbocycles. The lowest BCUT2D eigenvalue weighted by atomic mass is 9.98. The van der Waals surface area contributed by atoms with Gasteiger partial charge in [0, 0.05) is 0 Å². The molecule has 0 saturated heterocycles. The zero-order chi connectivity index (χ0) is 11.1. The molecule has 0 bridgehead atoms. The molecule has 2 aliphatic rings. The van der Waals surface area contributed by atoms with Crippen LogP contribution in [0.4, 0.5) is 0 Å². The Morgan fingerprint density at radius 1 is 0.562 bits per heavy atom.